The molecule has 2 aromatic rings. The second-order valence-corrected chi connectivity index (χ2v) is 6.88. The van der Waals surface area contributed by atoms with Gasteiger partial charge in [-0.2, -0.15) is 0 Å². The smallest absolute Gasteiger partial charge is 0.251 e. The number of ether oxygens (including phenoxy) is 3. The van der Waals surface area contributed by atoms with Gasteiger partial charge in [-0.25, -0.2) is 0 Å². The van der Waals surface area contributed by atoms with Crippen molar-refractivity contribution in [2.24, 2.45) is 0 Å². The molecule has 0 spiro atoms. The molecule has 0 fully saturated rings. The van der Waals surface area contributed by atoms with E-state index in [2.05, 4.69) is 18.8 Å². The van der Waals surface area contributed by atoms with Crippen LogP contribution in [0.15, 0.2) is 54.8 Å². The molecular weight excluding hydrogens is 366 g/mol. The molecule has 0 heterocycles. The third-order valence-corrected chi connectivity index (χ3v) is 4.35. The van der Waals surface area contributed by atoms with E-state index in [-0.39, 0.29) is 5.91 Å². The minimum absolute atomic E-state index is 0.131. The third kappa shape index (κ3) is 7.53. The number of rotatable bonds is 12. The van der Waals surface area contributed by atoms with Crippen LogP contribution in [-0.2, 0) is 6.42 Å². The molecule has 0 aromatic heterocycles. The van der Waals surface area contributed by atoms with Gasteiger partial charge in [0.25, 0.3) is 5.91 Å². The molecule has 156 valence electrons. The van der Waals surface area contributed by atoms with E-state index >= 15 is 0 Å². The van der Waals surface area contributed by atoms with Gasteiger partial charge in [-0.1, -0.05) is 38.5 Å². The van der Waals surface area contributed by atoms with Crippen LogP contribution in [0.25, 0.3) is 0 Å². The maximum Gasteiger partial charge on any atom is 0.251 e. The van der Waals surface area contributed by atoms with Gasteiger partial charge in [-0.05, 0) is 55.7 Å². The topological polar surface area (TPSA) is 56.8 Å². The Labute approximate surface area is 173 Å². The highest BCUT2D eigenvalue weighted by Gasteiger charge is 2.11. The van der Waals surface area contributed by atoms with Crippen molar-refractivity contribution in [3.05, 3.63) is 65.9 Å². The first-order chi connectivity index (χ1) is 14.0. The van der Waals surface area contributed by atoms with Crippen LogP contribution in [0, 0.1) is 0 Å². The predicted molar refractivity (Wildman–Crippen MR) is 116 cm³/mol. The highest BCUT2D eigenvalue weighted by atomic mass is 16.5. The van der Waals surface area contributed by atoms with E-state index in [4.69, 9.17) is 14.2 Å². The first-order valence-electron chi connectivity index (χ1n) is 10.0. The van der Waals surface area contributed by atoms with Crippen LogP contribution >= 0.6 is 0 Å². The summed E-state index contributed by atoms with van der Waals surface area (Å²) in [6, 6.07) is 13.0. The van der Waals surface area contributed by atoms with Crippen LogP contribution in [0.4, 0.5) is 0 Å². The number of hydrogen-bond acceptors (Lipinski definition) is 4. The van der Waals surface area contributed by atoms with E-state index in [1.165, 1.54) is 0 Å². The van der Waals surface area contributed by atoms with E-state index in [0.717, 1.165) is 37.0 Å². The summed E-state index contributed by atoms with van der Waals surface area (Å²) in [5.74, 6) is 2.51. The van der Waals surface area contributed by atoms with Gasteiger partial charge in [0, 0.05) is 12.1 Å². The van der Waals surface area contributed by atoms with Gasteiger partial charge in [0.2, 0.25) is 0 Å². The number of carbonyl (C=O) groups is 1. The highest BCUT2D eigenvalue weighted by Crippen LogP contribution is 2.28. The van der Waals surface area contributed by atoms with Gasteiger partial charge in [0.1, 0.15) is 5.75 Å². The van der Waals surface area contributed by atoms with Gasteiger partial charge >= 0.3 is 0 Å². The Hall–Kier alpha value is -2.95. The molecule has 5 heteroatoms. The molecule has 0 atom stereocenters. The van der Waals surface area contributed by atoms with E-state index in [1.54, 1.807) is 25.3 Å². The number of amides is 1. The molecule has 2 rings (SSSR count). The van der Waals surface area contributed by atoms with Crippen molar-refractivity contribution < 1.29 is 19.0 Å². The lowest BCUT2D eigenvalue weighted by Gasteiger charge is -2.12. The predicted octanol–water partition coefficient (Wildman–Crippen LogP) is 5.15. The second-order valence-electron chi connectivity index (χ2n) is 6.88. The van der Waals surface area contributed by atoms with Crippen molar-refractivity contribution in [1.29, 1.82) is 0 Å². The average molecular weight is 398 g/mol. The lowest BCUT2D eigenvalue weighted by molar-refractivity contribution is 0.0953. The molecule has 5 nitrogen and oxygen atoms in total. The van der Waals surface area contributed by atoms with Crippen LogP contribution in [0.1, 0.15) is 49.0 Å². The number of hydrogen-bond donors (Lipinski definition) is 1. The van der Waals surface area contributed by atoms with Crippen LogP contribution in [-0.4, -0.2) is 26.2 Å². The standard InChI is InChI=1S/C24H31NO4/c1-5-6-7-16-28-23-17-20(10-13-22(23)27-4)24(26)25-15-14-19-8-11-21(12-9-19)29-18(2)3/h8-13,17H,2,5-7,14-16H2,1,3-4H3,(H,25,26). The van der Waals surface area contributed by atoms with Crippen molar-refractivity contribution in [2.75, 3.05) is 20.3 Å². The number of benzene rings is 2. The zero-order chi connectivity index (χ0) is 21.1. The number of allylic oxidation sites excluding steroid dienone is 1. The number of unbranched alkanes of at least 4 members (excludes halogenated alkanes) is 2. The summed E-state index contributed by atoms with van der Waals surface area (Å²) in [6.07, 6.45) is 3.96. The quantitative estimate of drug-likeness (QED) is 0.397. The summed E-state index contributed by atoms with van der Waals surface area (Å²) >= 11 is 0. The maximum absolute atomic E-state index is 12.5. The normalized spacial score (nSPS) is 10.3. The molecule has 2 aromatic carbocycles. The summed E-state index contributed by atoms with van der Waals surface area (Å²) in [7, 11) is 1.60. The first-order valence-corrected chi connectivity index (χ1v) is 10.0. The van der Waals surface area contributed by atoms with Crippen LogP contribution in [0.5, 0.6) is 17.2 Å². The summed E-state index contributed by atoms with van der Waals surface area (Å²) in [5, 5.41) is 2.95. The Morgan fingerprint density at radius 2 is 1.83 bits per heavy atom. The van der Waals surface area contributed by atoms with Crippen LogP contribution in [0.3, 0.4) is 0 Å². The lowest BCUT2D eigenvalue weighted by Crippen LogP contribution is -2.25. The summed E-state index contributed by atoms with van der Waals surface area (Å²) in [4.78, 5) is 12.5. The van der Waals surface area contributed by atoms with E-state index in [0.29, 0.717) is 36.0 Å². The van der Waals surface area contributed by atoms with Crippen molar-refractivity contribution in [1.82, 2.24) is 5.32 Å². The largest absolute Gasteiger partial charge is 0.493 e. The molecular formula is C24H31NO4. The van der Waals surface area contributed by atoms with Crippen molar-refractivity contribution in [3.8, 4) is 17.2 Å². The molecule has 0 bridgehead atoms. The van der Waals surface area contributed by atoms with Gasteiger partial charge in [0.15, 0.2) is 11.5 Å². The fourth-order valence-corrected chi connectivity index (χ4v) is 2.81. The van der Waals surface area contributed by atoms with E-state index in [9.17, 15) is 4.79 Å². The zero-order valence-electron chi connectivity index (χ0n) is 17.6. The molecule has 1 N–H and O–H groups in total. The molecule has 29 heavy (non-hydrogen) atoms. The summed E-state index contributed by atoms with van der Waals surface area (Å²) in [5.41, 5.74) is 1.68. The lowest BCUT2D eigenvalue weighted by atomic mass is 10.1. The van der Waals surface area contributed by atoms with Gasteiger partial charge in [-0.15, -0.1) is 0 Å². The zero-order valence-corrected chi connectivity index (χ0v) is 17.6. The van der Waals surface area contributed by atoms with Crippen molar-refractivity contribution >= 4 is 5.91 Å². The SMILES string of the molecule is C=C(C)Oc1ccc(CCNC(=O)c2ccc(OC)c(OCCCCC)c2)cc1. The summed E-state index contributed by atoms with van der Waals surface area (Å²) in [6.45, 7) is 8.84. The van der Waals surface area contributed by atoms with Crippen molar-refractivity contribution in [2.45, 2.75) is 39.5 Å². The Bertz CT molecular complexity index is 799. The molecule has 0 aliphatic rings. The Morgan fingerprint density at radius 1 is 1.07 bits per heavy atom. The van der Waals surface area contributed by atoms with Gasteiger partial charge in [-0.3, -0.25) is 4.79 Å². The van der Waals surface area contributed by atoms with Gasteiger partial charge in [0.05, 0.1) is 19.5 Å². The fourth-order valence-electron chi connectivity index (χ4n) is 2.81. The monoisotopic (exact) mass is 397 g/mol. The number of carbonyl (C=O) groups excluding carboxylic acids is 1. The molecule has 0 aliphatic carbocycles. The molecule has 0 aliphatic heterocycles. The van der Waals surface area contributed by atoms with Crippen molar-refractivity contribution in [3.63, 3.8) is 0 Å². The molecule has 1 amide bonds. The second kappa shape index (κ2) is 11.8. The Morgan fingerprint density at radius 3 is 2.48 bits per heavy atom. The Balaban J connectivity index is 1.88. The summed E-state index contributed by atoms with van der Waals surface area (Å²) < 4.78 is 16.6. The van der Waals surface area contributed by atoms with Crippen LogP contribution in [0.2, 0.25) is 0 Å². The maximum atomic E-state index is 12.5. The van der Waals surface area contributed by atoms with E-state index in [1.807, 2.05) is 31.2 Å². The highest BCUT2D eigenvalue weighted by molar-refractivity contribution is 5.94. The molecule has 0 saturated heterocycles. The minimum atomic E-state index is -0.131. The molecule has 0 unspecified atom stereocenters. The number of nitrogens with one attached hydrogen (secondary N) is 1. The Kier molecular flexibility index (Phi) is 9.09. The van der Waals surface area contributed by atoms with E-state index < -0.39 is 0 Å². The third-order valence-electron chi connectivity index (χ3n) is 4.35. The van der Waals surface area contributed by atoms with Crippen LogP contribution < -0.4 is 19.5 Å². The van der Waals surface area contributed by atoms with Gasteiger partial charge < -0.3 is 19.5 Å². The number of methoxy groups -OCH3 is 1. The fraction of sp³-hybridized carbons (Fsp3) is 0.375. The molecule has 0 saturated carbocycles. The average Bonchev–Trinajstić information content (AvgIpc) is 2.72. The first kappa shape index (κ1) is 22.3. The minimum Gasteiger partial charge on any atom is -0.493 e. The molecule has 0 radical (unpaired) electrons.